The quantitative estimate of drug-likeness (QED) is 0.0920. The number of nitrogens with zero attached hydrogens (tertiary/aromatic N) is 1. The highest BCUT2D eigenvalue weighted by atomic mass is 16.6. The molecule has 0 aliphatic carbocycles. The number of likely N-dealkylation sites (N-methyl/N-ethyl adjacent to an activating group) is 1. The predicted octanol–water partition coefficient (Wildman–Crippen LogP) is 3.70. The number of rotatable bonds is 14. The van der Waals surface area contributed by atoms with E-state index in [9.17, 15) is 34.8 Å². The zero-order valence-corrected chi connectivity index (χ0v) is 29.6. The van der Waals surface area contributed by atoms with Gasteiger partial charge in [0.05, 0.1) is 31.3 Å². The minimum atomic E-state index is -1.47. The Bertz CT molecular complexity index is 1070. The van der Waals surface area contributed by atoms with Crippen molar-refractivity contribution in [3.05, 3.63) is 36.0 Å². The van der Waals surface area contributed by atoms with Gasteiger partial charge in [0.1, 0.15) is 23.9 Å². The number of methoxy groups -OCH3 is 1. The van der Waals surface area contributed by atoms with E-state index in [2.05, 4.69) is 0 Å². The van der Waals surface area contributed by atoms with E-state index in [0.717, 1.165) is 6.42 Å². The van der Waals surface area contributed by atoms with E-state index in [1.165, 1.54) is 25.8 Å². The van der Waals surface area contributed by atoms with Gasteiger partial charge in [-0.25, -0.2) is 4.79 Å². The van der Waals surface area contributed by atoms with Gasteiger partial charge in [-0.1, -0.05) is 52.0 Å². The van der Waals surface area contributed by atoms with Gasteiger partial charge in [-0.15, -0.1) is 0 Å². The van der Waals surface area contributed by atoms with Crippen molar-refractivity contribution in [1.82, 2.24) is 4.90 Å². The molecular formula is C35H59NO11. The van der Waals surface area contributed by atoms with Crippen LogP contribution in [0, 0.1) is 17.8 Å². The van der Waals surface area contributed by atoms with E-state index < -0.39 is 66.0 Å². The highest BCUT2D eigenvalue weighted by molar-refractivity contribution is 5.70. The third-order valence-electron chi connectivity index (χ3n) is 8.67. The number of aliphatic hydroxyl groups excluding tert-OH is 3. The Morgan fingerprint density at radius 3 is 2.47 bits per heavy atom. The van der Waals surface area contributed by atoms with Crippen LogP contribution in [0.15, 0.2) is 36.0 Å². The summed E-state index contributed by atoms with van der Waals surface area (Å²) < 4.78 is 22.5. The van der Waals surface area contributed by atoms with Gasteiger partial charge in [-0.2, -0.15) is 0 Å². The molecule has 1 amide bonds. The van der Waals surface area contributed by atoms with Crippen LogP contribution < -0.4 is 0 Å². The van der Waals surface area contributed by atoms with Crippen molar-refractivity contribution in [2.75, 3.05) is 27.3 Å². The summed E-state index contributed by atoms with van der Waals surface area (Å²) >= 11 is 0. The molecule has 47 heavy (non-hydrogen) atoms. The summed E-state index contributed by atoms with van der Waals surface area (Å²) in [7, 11) is 3.13. The molecule has 1 heterocycles. The zero-order valence-electron chi connectivity index (χ0n) is 29.6. The average molecular weight is 670 g/mol. The van der Waals surface area contributed by atoms with Crippen molar-refractivity contribution in [2.24, 2.45) is 17.8 Å². The first-order valence-electron chi connectivity index (χ1n) is 16.5. The largest absolute Gasteiger partial charge is 0.457 e. The fraction of sp³-hybridized carbons (Fsp3) is 0.743. The number of allylic oxidation sites excluding steroid dienone is 2. The normalized spacial score (nSPS) is 28.5. The lowest BCUT2D eigenvalue weighted by Gasteiger charge is -2.32. The Balaban J connectivity index is 3.33. The van der Waals surface area contributed by atoms with Crippen molar-refractivity contribution in [3.8, 4) is 0 Å². The third-order valence-corrected chi connectivity index (χ3v) is 8.67. The summed E-state index contributed by atoms with van der Waals surface area (Å²) in [6, 6.07) is 0. The third kappa shape index (κ3) is 14.5. The maximum atomic E-state index is 12.8. The Morgan fingerprint density at radius 2 is 1.89 bits per heavy atom. The molecule has 1 aliphatic rings. The number of aliphatic hydroxyl groups is 4. The number of hydrogen-bond donors (Lipinski definition) is 4. The van der Waals surface area contributed by atoms with E-state index in [4.69, 9.17) is 18.9 Å². The second-order valence-corrected chi connectivity index (χ2v) is 13.0. The molecule has 0 radical (unpaired) electrons. The lowest BCUT2D eigenvalue weighted by atomic mass is 9.88. The molecule has 0 saturated heterocycles. The van der Waals surface area contributed by atoms with Crippen LogP contribution in [0.5, 0.6) is 0 Å². The molecule has 0 aromatic carbocycles. The van der Waals surface area contributed by atoms with Crippen LogP contribution in [0.25, 0.3) is 0 Å². The summed E-state index contributed by atoms with van der Waals surface area (Å²) in [5.41, 5.74) is -0.806. The average Bonchev–Trinajstić information content (AvgIpc) is 2.99. The Hall–Kier alpha value is -2.77. The zero-order chi connectivity index (χ0) is 35.9. The van der Waals surface area contributed by atoms with Crippen molar-refractivity contribution in [2.45, 2.75) is 123 Å². The second-order valence-electron chi connectivity index (χ2n) is 13.0. The van der Waals surface area contributed by atoms with E-state index >= 15 is 0 Å². The molecule has 0 aromatic heterocycles. The Morgan fingerprint density at radius 1 is 1.23 bits per heavy atom. The lowest BCUT2D eigenvalue weighted by molar-refractivity contribution is -0.157. The smallest absolute Gasteiger partial charge is 0.409 e. The van der Waals surface area contributed by atoms with E-state index in [1.807, 2.05) is 27.7 Å². The monoisotopic (exact) mass is 669 g/mol. The van der Waals surface area contributed by atoms with Gasteiger partial charge in [0.2, 0.25) is 0 Å². The molecule has 0 aromatic rings. The molecule has 1 rings (SSSR count). The number of hydrogen-bond acceptors (Lipinski definition) is 11. The second kappa shape index (κ2) is 20.6. The number of cyclic esters (lactones) is 1. The van der Waals surface area contributed by atoms with Gasteiger partial charge >= 0.3 is 18.0 Å². The van der Waals surface area contributed by atoms with E-state index in [-0.39, 0.29) is 44.4 Å². The van der Waals surface area contributed by atoms with Crippen LogP contribution in [0.4, 0.5) is 4.79 Å². The summed E-state index contributed by atoms with van der Waals surface area (Å²) in [6.07, 6.45) is 4.15. The summed E-state index contributed by atoms with van der Waals surface area (Å²) in [4.78, 5) is 38.5. The maximum absolute atomic E-state index is 12.8. The molecule has 1 aliphatic heterocycles. The number of ether oxygens (including phenoxy) is 4. The van der Waals surface area contributed by atoms with Gasteiger partial charge in [0, 0.05) is 39.5 Å². The Labute approximate surface area is 280 Å². The highest BCUT2D eigenvalue weighted by Gasteiger charge is 2.35. The summed E-state index contributed by atoms with van der Waals surface area (Å²) in [5.74, 6) is -2.01. The maximum Gasteiger partial charge on any atom is 0.409 e. The van der Waals surface area contributed by atoms with E-state index in [1.54, 1.807) is 44.4 Å². The minimum absolute atomic E-state index is 0.0114. The van der Waals surface area contributed by atoms with Crippen molar-refractivity contribution in [3.63, 3.8) is 0 Å². The standard InChI is InChI=1S/C35H59NO11/c1-10-29(44-9)25(5)20-28(40)33(47-34(42)36(8)18-19-37)23(3)13-11-12-22(2)32-24(4)14-15-30(45-26(6)38)35(7,43)17-16-27(39)21-31(41)46-32/h11-15,23-25,27-30,32-33,37,39-40,43H,10,16-21H2,1-9H3/b13-11+,15-14+,22-12+. The lowest BCUT2D eigenvalue weighted by Crippen LogP contribution is -2.42. The molecule has 4 N–H and O–H groups in total. The first-order chi connectivity index (χ1) is 22.0. The SMILES string of the molecule is CCC(OC)C(C)CC(O)C(OC(=O)N(C)CCO)C(C)/C=C/C=C(\C)C1OC(=O)CC(O)CCC(C)(O)C(OC(C)=O)/C=C/C1C. The Kier molecular flexibility index (Phi) is 18.5. The van der Waals surface area contributed by atoms with Crippen LogP contribution in [0.1, 0.15) is 80.6 Å². The predicted molar refractivity (Wildman–Crippen MR) is 177 cm³/mol. The fourth-order valence-electron chi connectivity index (χ4n) is 5.67. The molecule has 12 heteroatoms. The van der Waals surface area contributed by atoms with Crippen LogP contribution in [0.3, 0.4) is 0 Å². The molecular weight excluding hydrogens is 610 g/mol. The van der Waals surface area contributed by atoms with E-state index in [0.29, 0.717) is 12.0 Å². The number of carbonyl (C=O) groups is 3. The summed E-state index contributed by atoms with van der Waals surface area (Å²) in [5, 5.41) is 42.0. The number of esters is 2. The van der Waals surface area contributed by atoms with Gasteiger partial charge in [-0.3, -0.25) is 9.59 Å². The molecule has 270 valence electrons. The first-order valence-corrected chi connectivity index (χ1v) is 16.5. The summed E-state index contributed by atoms with van der Waals surface area (Å²) in [6.45, 7) is 12.0. The highest BCUT2D eigenvalue weighted by Crippen LogP contribution is 2.28. The van der Waals surface area contributed by atoms with Crippen LogP contribution in [-0.2, 0) is 28.5 Å². The van der Waals surface area contributed by atoms with Crippen molar-refractivity contribution < 1.29 is 53.8 Å². The molecule has 12 nitrogen and oxygen atoms in total. The van der Waals surface area contributed by atoms with Crippen LogP contribution >= 0.6 is 0 Å². The van der Waals surface area contributed by atoms with Crippen molar-refractivity contribution in [1.29, 1.82) is 0 Å². The topological polar surface area (TPSA) is 172 Å². The number of carbonyl (C=O) groups excluding carboxylic acids is 3. The molecule has 10 atom stereocenters. The first kappa shape index (κ1) is 42.3. The molecule has 0 spiro atoms. The molecule has 0 bridgehead atoms. The van der Waals surface area contributed by atoms with Crippen LogP contribution in [0.2, 0.25) is 0 Å². The van der Waals surface area contributed by atoms with Gasteiger partial charge in [0.15, 0.2) is 0 Å². The van der Waals surface area contributed by atoms with Gasteiger partial charge < -0.3 is 44.3 Å². The van der Waals surface area contributed by atoms with Crippen molar-refractivity contribution >= 4 is 18.0 Å². The fourth-order valence-corrected chi connectivity index (χ4v) is 5.67. The van der Waals surface area contributed by atoms with Gasteiger partial charge in [-0.05, 0) is 57.1 Å². The molecule has 0 saturated carbocycles. The van der Waals surface area contributed by atoms with Gasteiger partial charge in [0.25, 0.3) is 0 Å². The van der Waals surface area contributed by atoms with Crippen LogP contribution in [-0.4, -0.2) is 113 Å². The minimum Gasteiger partial charge on any atom is -0.457 e. The molecule has 0 fully saturated rings. The molecule has 10 unspecified atom stereocenters. The number of amides is 1.